The van der Waals surface area contributed by atoms with Crippen LogP contribution in [0, 0.1) is 6.92 Å². The molecule has 0 aliphatic rings. The van der Waals surface area contributed by atoms with Crippen LogP contribution >= 0.6 is 11.6 Å². The van der Waals surface area contributed by atoms with Crippen LogP contribution in [0.3, 0.4) is 0 Å². The van der Waals surface area contributed by atoms with Crippen LogP contribution in [0.15, 0.2) is 4.42 Å². The molecule has 66 valence electrons. The second kappa shape index (κ2) is 3.58. The lowest BCUT2D eigenvalue weighted by Crippen LogP contribution is -2.00. The molecule has 0 atom stereocenters. The topological polar surface area (TPSA) is 52.3 Å². The van der Waals surface area contributed by atoms with Crippen molar-refractivity contribution in [1.82, 2.24) is 4.98 Å². The van der Waals surface area contributed by atoms with Gasteiger partial charge in [0.1, 0.15) is 0 Å². The van der Waals surface area contributed by atoms with E-state index in [0.717, 1.165) is 0 Å². The van der Waals surface area contributed by atoms with Gasteiger partial charge in [-0.2, -0.15) is 0 Å². The molecule has 0 aromatic carbocycles. The molecule has 1 aromatic heterocycles. The molecule has 0 amide bonds. The molecule has 1 heterocycles. The maximum atomic E-state index is 11.0. The number of alkyl halides is 1. The van der Waals surface area contributed by atoms with Crippen molar-refractivity contribution in [2.75, 3.05) is 7.11 Å². The summed E-state index contributed by atoms with van der Waals surface area (Å²) in [6, 6.07) is 0. The number of hydrogen-bond acceptors (Lipinski definition) is 4. The molecule has 1 aromatic rings. The van der Waals surface area contributed by atoms with Gasteiger partial charge in [-0.1, -0.05) is 0 Å². The van der Waals surface area contributed by atoms with Crippen LogP contribution in [0.25, 0.3) is 0 Å². The summed E-state index contributed by atoms with van der Waals surface area (Å²) in [5.74, 6) is 0.0664. The van der Waals surface area contributed by atoms with Crippen LogP contribution in [0.1, 0.15) is 22.1 Å². The Labute approximate surface area is 74.5 Å². The summed E-state index contributed by atoms with van der Waals surface area (Å²) in [5, 5.41) is 0. The fourth-order valence-electron chi connectivity index (χ4n) is 0.792. The number of aromatic nitrogens is 1. The van der Waals surface area contributed by atoms with Gasteiger partial charge in [-0.25, -0.2) is 9.78 Å². The first kappa shape index (κ1) is 9.06. The van der Waals surface area contributed by atoms with Crippen LogP contribution in [0.5, 0.6) is 0 Å². The van der Waals surface area contributed by atoms with E-state index in [1.165, 1.54) is 7.11 Å². The van der Waals surface area contributed by atoms with Gasteiger partial charge in [-0.3, -0.25) is 0 Å². The summed E-state index contributed by atoms with van der Waals surface area (Å²) < 4.78 is 9.46. The Morgan fingerprint density at radius 1 is 1.75 bits per heavy atom. The zero-order chi connectivity index (χ0) is 9.14. The maximum absolute atomic E-state index is 11.0. The van der Waals surface area contributed by atoms with Crippen LogP contribution in [-0.2, 0) is 10.6 Å². The van der Waals surface area contributed by atoms with Crippen LogP contribution < -0.4 is 0 Å². The molecule has 0 radical (unpaired) electrons. The lowest BCUT2D eigenvalue weighted by molar-refractivity contribution is 0.0562. The Balaban J connectivity index is 2.99. The molecule has 0 aliphatic heterocycles. The van der Waals surface area contributed by atoms with Gasteiger partial charge in [0.15, 0.2) is 0 Å². The van der Waals surface area contributed by atoms with E-state index in [2.05, 4.69) is 9.72 Å². The molecule has 0 unspecified atom stereocenters. The minimum absolute atomic E-state index is 0.119. The quantitative estimate of drug-likeness (QED) is 0.523. The van der Waals surface area contributed by atoms with Gasteiger partial charge in [-0.05, 0) is 6.92 Å². The van der Waals surface area contributed by atoms with E-state index in [4.69, 9.17) is 16.0 Å². The Kier molecular flexibility index (Phi) is 2.70. The van der Waals surface area contributed by atoms with Crippen molar-refractivity contribution in [3.63, 3.8) is 0 Å². The highest BCUT2D eigenvalue weighted by atomic mass is 35.5. The van der Waals surface area contributed by atoms with E-state index in [9.17, 15) is 4.79 Å². The number of aryl methyl sites for hydroxylation is 1. The van der Waals surface area contributed by atoms with Gasteiger partial charge in [0.05, 0.1) is 18.7 Å². The highest BCUT2D eigenvalue weighted by Crippen LogP contribution is 2.12. The number of nitrogens with zero attached hydrogens (tertiary/aromatic N) is 1. The van der Waals surface area contributed by atoms with Crippen molar-refractivity contribution >= 4 is 17.6 Å². The summed E-state index contributed by atoms with van der Waals surface area (Å²) >= 11 is 5.45. The molecule has 0 fully saturated rings. The average molecular weight is 190 g/mol. The third-order valence-corrected chi connectivity index (χ3v) is 1.55. The molecule has 12 heavy (non-hydrogen) atoms. The number of esters is 1. The lowest BCUT2D eigenvalue weighted by atomic mass is 10.4. The number of halogens is 1. The SMILES string of the molecule is COC(=O)c1oc(CCl)nc1C. The van der Waals surface area contributed by atoms with Gasteiger partial charge >= 0.3 is 5.97 Å². The average Bonchev–Trinajstić information content (AvgIpc) is 2.45. The Morgan fingerprint density at radius 2 is 2.42 bits per heavy atom. The normalized spacial score (nSPS) is 9.92. The van der Waals surface area contributed by atoms with Crippen LogP contribution in [0.4, 0.5) is 0 Å². The standard InChI is InChI=1S/C7H8ClNO3/c1-4-6(7(10)11-2)12-5(3-8)9-4/h3H2,1-2H3. The van der Waals surface area contributed by atoms with Crippen molar-refractivity contribution in [2.24, 2.45) is 0 Å². The van der Waals surface area contributed by atoms with Crippen molar-refractivity contribution < 1.29 is 13.9 Å². The second-order valence-corrected chi connectivity index (χ2v) is 2.41. The predicted octanol–water partition coefficient (Wildman–Crippen LogP) is 1.51. The van der Waals surface area contributed by atoms with E-state index in [1.807, 2.05) is 0 Å². The Morgan fingerprint density at radius 3 is 2.83 bits per heavy atom. The molecule has 0 aliphatic carbocycles. The van der Waals surface area contributed by atoms with Crippen molar-refractivity contribution in [3.8, 4) is 0 Å². The minimum Gasteiger partial charge on any atom is -0.463 e. The largest absolute Gasteiger partial charge is 0.463 e. The molecule has 5 heteroatoms. The second-order valence-electron chi connectivity index (χ2n) is 2.15. The Hall–Kier alpha value is -1.03. The number of ether oxygens (including phenoxy) is 1. The number of hydrogen-bond donors (Lipinski definition) is 0. The smallest absolute Gasteiger partial charge is 0.375 e. The van der Waals surface area contributed by atoms with Gasteiger partial charge < -0.3 is 9.15 Å². The first-order valence-corrected chi connectivity index (χ1v) is 3.83. The maximum Gasteiger partial charge on any atom is 0.375 e. The van der Waals surface area contributed by atoms with Crippen molar-refractivity contribution in [2.45, 2.75) is 12.8 Å². The first-order chi connectivity index (χ1) is 5.69. The molecule has 0 N–H and O–H groups in total. The third-order valence-electron chi connectivity index (χ3n) is 1.33. The first-order valence-electron chi connectivity index (χ1n) is 3.29. The molecular formula is C7H8ClNO3. The lowest BCUT2D eigenvalue weighted by Gasteiger charge is -1.92. The van der Waals surface area contributed by atoms with E-state index in [-0.39, 0.29) is 11.6 Å². The van der Waals surface area contributed by atoms with Crippen LogP contribution in [-0.4, -0.2) is 18.1 Å². The number of carbonyl (C=O) groups excluding carboxylic acids is 1. The number of oxazole rings is 1. The highest BCUT2D eigenvalue weighted by molar-refractivity contribution is 6.16. The monoisotopic (exact) mass is 189 g/mol. The number of methoxy groups -OCH3 is 1. The number of rotatable bonds is 2. The molecule has 0 bridgehead atoms. The van der Waals surface area contributed by atoms with Gasteiger partial charge in [-0.15, -0.1) is 11.6 Å². The predicted molar refractivity (Wildman–Crippen MR) is 42.1 cm³/mol. The minimum atomic E-state index is -0.531. The fourth-order valence-corrected chi connectivity index (χ4v) is 0.906. The van der Waals surface area contributed by atoms with Crippen molar-refractivity contribution in [3.05, 3.63) is 17.3 Å². The molecular weight excluding hydrogens is 182 g/mol. The summed E-state index contributed by atoms with van der Waals surface area (Å²) in [4.78, 5) is 14.9. The molecule has 1 rings (SSSR count). The summed E-state index contributed by atoms with van der Waals surface area (Å²) in [6.45, 7) is 1.66. The molecule has 0 spiro atoms. The van der Waals surface area contributed by atoms with E-state index >= 15 is 0 Å². The van der Waals surface area contributed by atoms with Gasteiger partial charge in [0.2, 0.25) is 11.7 Å². The summed E-state index contributed by atoms with van der Waals surface area (Å²) in [7, 11) is 1.28. The molecule has 4 nitrogen and oxygen atoms in total. The van der Waals surface area contributed by atoms with E-state index in [1.54, 1.807) is 6.92 Å². The fraction of sp³-hybridized carbons (Fsp3) is 0.429. The molecule has 0 saturated carbocycles. The summed E-state index contributed by atoms with van der Waals surface area (Å²) in [6.07, 6.45) is 0. The van der Waals surface area contributed by atoms with Crippen LogP contribution in [0.2, 0.25) is 0 Å². The van der Waals surface area contributed by atoms with Gasteiger partial charge in [0, 0.05) is 0 Å². The molecule has 0 saturated heterocycles. The van der Waals surface area contributed by atoms with E-state index < -0.39 is 5.97 Å². The zero-order valence-corrected chi connectivity index (χ0v) is 7.51. The van der Waals surface area contributed by atoms with Crippen molar-refractivity contribution in [1.29, 1.82) is 0 Å². The van der Waals surface area contributed by atoms with E-state index in [0.29, 0.717) is 11.6 Å². The highest BCUT2D eigenvalue weighted by Gasteiger charge is 2.16. The van der Waals surface area contributed by atoms with Gasteiger partial charge in [0.25, 0.3) is 0 Å². The summed E-state index contributed by atoms with van der Waals surface area (Å²) in [5.41, 5.74) is 0.498. The zero-order valence-electron chi connectivity index (χ0n) is 6.76. The number of carbonyl (C=O) groups is 1. The third kappa shape index (κ3) is 1.58. The Bertz CT molecular complexity index is 295.